The van der Waals surface area contributed by atoms with Crippen LogP contribution in [0.1, 0.15) is 34.9 Å². The molecule has 0 aliphatic rings. The molecule has 0 aliphatic carbocycles. The minimum Gasteiger partial charge on any atom is -0.296 e. The van der Waals surface area contributed by atoms with Gasteiger partial charge in [0, 0.05) is 30.8 Å². The van der Waals surface area contributed by atoms with Crippen LogP contribution >= 0.6 is 0 Å². The molecule has 116 valence electrons. The lowest BCUT2D eigenvalue weighted by atomic mass is 10.00. The van der Waals surface area contributed by atoms with Crippen LogP contribution in [0.5, 0.6) is 0 Å². The number of benzene rings is 2. The van der Waals surface area contributed by atoms with Crippen LogP contribution < -0.4 is 0 Å². The summed E-state index contributed by atoms with van der Waals surface area (Å²) in [5, 5.41) is 8.76. The molecule has 0 atom stereocenters. The molecule has 23 heavy (non-hydrogen) atoms. The van der Waals surface area contributed by atoms with E-state index in [-0.39, 0.29) is 0 Å². The second-order valence-corrected chi connectivity index (χ2v) is 5.97. The van der Waals surface area contributed by atoms with E-state index in [4.69, 9.17) is 0 Å². The standard InChI is InChI=1S/C20H21N3/c1-13(2)16-7-8-19-18(11-16)20(23-22-19)10-15-5-6-17(12-21-4)14(3)9-15/h5-9,11-12H,1,10H2,2-4H3,(H,22,23). The lowest BCUT2D eigenvalue weighted by molar-refractivity contribution is 1.01. The zero-order valence-corrected chi connectivity index (χ0v) is 13.9. The molecule has 0 unspecified atom stereocenters. The Labute approximate surface area is 136 Å². The number of hydrogen-bond donors (Lipinski definition) is 1. The van der Waals surface area contributed by atoms with Crippen LogP contribution in [-0.4, -0.2) is 23.5 Å². The van der Waals surface area contributed by atoms with Gasteiger partial charge in [-0.25, -0.2) is 0 Å². The third-order valence-corrected chi connectivity index (χ3v) is 4.11. The molecule has 1 heterocycles. The fourth-order valence-corrected chi connectivity index (χ4v) is 2.80. The Balaban J connectivity index is 1.96. The summed E-state index contributed by atoms with van der Waals surface area (Å²) in [5.74, 6) is 0. The van der Waals surface area contributed by atoms with E-state index >= 15 is 0 Å². The number of aliphatic imine (C=N–C) groups is 1. The molecule has 2 aromatic carbocycles. The van der Waals surface area contributed by atoms with Crippen LogP contribution in [0, 0.1) is 6.92 Å². The van der Waals surface area contributed by atoms with Crippen molar-refractivity contribution in [1.82, 2.24) is 10.2 Å². The number of aromatic amines is 1. The van der Waals surface area contributed by atoms with E-state index in [1.165, 1.54) is 16.5 Å². The maximum absolute atomic E-state index is 4.41. The van der Waals surface area contributed by atoms with Crippen molar-refractivity contribution in [2.75, 3.05) is 7.05 Å². The third-order valence-electron chi connectivity index (χ3n) is 4.11. The van der Waals surface area contributed by atoms with Crippen molar-refractivity contribution in [2.45, 2.75) is 20.3 Å². The summed E-state index contributed by atoms with van der Waals surface area (Å²) in [6.07, 6.45) is 2.73. The summed E-state index contributed by atoms with van der Waals surface area (Å²) in [5.41, 5.74) is 8.02. The lowest BCUT2D eigenvalue weighted by Crippen LogP contribution is -1.94. The number of H-pyrrole nitrogens is 1. The van der Waals surface area contributed by atoms with Crippen molar-refractivity contribution < 1.29 is 0 Å². The molecular formula is C20H21N3. The van der Waals surface area contributed by atoms with Crippen LogP contribution in [0.2, 0.25) is 0 Å². The SMILES string of the molecule is C=C(C)c1ccc2n[nH]c(Cc3ccc(C=NC)c(C)c3)c2c1. The highest BCUT2D eigenvalue weighted by Crippen LogP contribution is 2.23. The van der Waals surface area contributed by atoms with E-state index in [0.29, 0.717) is 0 Å². The quantitative estimate of drug-likeness (QED) is 0.706. The van der Waals surface area contributed by atoms with E-state index in [2.05, 4.69) is 59.0 Å². The number of hydrogen-bond acceptors (Lipinski definition) is 2. The van der Waals surface area contributed by atoms with Gasteiger partial charge in [-0.15, -0.1) is 0 Å². The van der Waals surface area contributed by atoms with E-state index < -0.39 is 0 Å². The van der Waals surface area contributed by atoms with Crippen LogP contribution in [0.25, 0.3) is 16.5 Å². The maximum Gasteiger partial charge on any atom is 0.0924 e. The fourth-order valence-electron chi connectivity index (χ4n) is 2.80. The summed E-state index contributed by atoms with van der Waals surface area (Å²) >= 11 is 0. The van der Waals surface area contributed by atoms with Crippen molar-refractivity contribution in [1.29, 1.82) is 0 Å². The number of rotatable bonds is 4. The van der Waals surface area contributed by atoms with Crippen LogP contribution in [0.4, 0.5) is 0 Å². The fraction of sp³-hybridized carbons (Fsp3) is 0.200. The first kappa shape index (κ1) is 15.2. The van der Waals surface area contributed by atoms with Crippen LogP contribution in [0.3, 0.4) is 0 Å². The average Bonchev–Trinajstić information content (AvgIpc) is 2.92. The van der Waals surface area contributed by atoms with Crippen LogP contribution in [0.15, 0.2) is 48.0 Å². The zero-order chi connectivity index (χ0) is 16.4. The molecular weight excluding hydrogens is 282 g/mol. The summed E-state index contributed by atoms with van der Waals surface area (Å²) in [6.45, 7) is 8.17. The van der Waals surface area contributed by atoms with E-state index in [9.17, 15) is 0 Å². The van der Waals surface area contributed by atoms with Crippen molar-refractivity contribution in [3.05, 3.63) is 70.9 Å². The summed E-state index contributed by atoms with van der Waals surface area (Å²) in [6, 6.07) is 12.8. The molecule has 3 aromatic rings. The minimum absolute atomic E-state index is 0.834. The molecule has 0 fully saturated rings. The van der Waals surface area contributed by atoms with E-state index in [0.717, 1.165) is 34.3 Å². The molecule has 0 amide bonds. The van der Waals surface area contributed by atoms with Crippen molar-refractivity contribution >= 4 is 22.7 Å². The van der Waals surface area contributed by atoms with Gasteiger partial charge < -0.3 is 0 Å². The molecule has 0 saturated carbocycles. The summed E-state index contributed by atoms with van der Waals surface area (Å²) in [7, 11) is 1.79. The van der Waals surface area contributed by atoms with Gasteiger partial charge in [0.15, 0.2) is 0 Å². The first-order valence-corrected chi connectivity index (χ1v) is 7.73. The van der Waals surface area contributed by atoms with Gasteiger partial charge in [-0.1, -0.05) is 36.4 Å². The van der Waals surface area contributed by atoms with Gasteiger partial charge in [0.2, 0.25) is 0 Å². The van der Waals surface area contributed by atoms with Gasteiger partial charge in [0.05, 0.1) is 5.52 Å². The number of aryl methyl sites for hydroxylation is 1. The van der Waals surface area contributed by atoms with Crippen molar-refractivity contribution in [3.8, 4) is 0 Å². The Morgan fingerprint density at radius 2 is 2.09 bits per heavy atom. The normalized spacial score (nSPS) is 11.4. The molecule has 0 radical (unpaired) electrons. The third kappa shape index (κ3) is 3.09. The number of allylic oxidation sites excluding steroid dienone is 1. The summed E-state index contributed by atoms with van der Waals surface area (Å²) in [4.78, 5) is 4.09. The molecule has 0 spiro atoms. The smallest absolute Gasteiger partial charge is 0.0924 e. The molecule has 0 saturated heterocycles. The second kappa shape index (κ2) is 6.21. The Morgan fingerprint density at radius 1 is 1.26 bits per heavy atom. The van der Waals surface area contributed by atoms with Gasteiger partial charge in [0.1, 0.15) is 0 Å². The van der Waals surface area contributed by atoms with E-state index in [1.807, 2.05) is 19.2 Å². The molecule has 0 aliphatic heterocycles. The average molecular weight is 303 g/mol. The van der Waals surface area contributed by atoms with E-state index in [1.54, 1.807) is 7.05 Å². The number of aromatic nitrogens is 2. The Morgan fingerprint density at radius 3 is 2.78 bits per heavy atom. The van der Waals surface area contributed by atoms with Crippen LogP contribution in [-0.2, 0) is 6.42 Å². The van der Waals surface area contributed by atoms with Crippen molar-refractivity contribution in [2.24, 2.45) is 4.99 Å². The molecule has 1 N–H and O–H groups in total. The lowest BCUT2D eigenvalue weighted by Gasteiger charge is -2.05. The molecule has 3 rings (SSSR count). The Kier molecular flexibility index (Phi) is 4.11. The first-order valence-electron chi connectivity index (χ1n) is 7.73. The largest absolute Gasteiger partial charge is 0.296 e. The van der Waals surface area contributed by atoms with Gasteiger partial charge in [0.25, 0.3) is 0 Å². The summed E-state index contributed by atoms with van der Waals surface area (Å²) < 4.78 is 0. The predicted octanol–water partition coefficient (Wildman–Crippen LogP) is 4.54. The zero-order valence-electron chi connectivity index (χ0n) is 13.9. The van der Waals surface area contributed by atoms with Crippen molar-refractivity contribution in [3.63, 3.8) is 0 Å². The molecule has 3 nitrogen and oxygen atoms in total. The highest BCUT2D eigenvalue weighted by Gasteiger charge is 2.08. The van der Waals surface area contributed by atoms with Gasteiger partial charge in [-0.3, -0.25) is 10.1 Å². The topological polar surface area (TPSA) is 41.0 Å². The second-order valence-electron chi connectivity index (χ2n) is 5.97. The maximum atomic E-state index is 4.41. The Hall–Kier alpha value is -2.68. The van der Waals surface area contributed by atoms with Gasteiger partial charge in [-0.2, -0.15) is 5.10 Å². The number of fused-ring (bicyclic) bond motifs is 1. The molecule has 1 aromatic heterocycles. The monoisotopic (exact) mass is 303 g/mol. The predicted molar refractivity (Wildman–Crippen MR) is 98.3 cm³/mol. The number of nitrogens with one attached hydrogen (secondary N) is 1. The highest BCUT2D eigenvalue weighted by molar-refractivity contribution is 5.85. The minimum atomic E-state index is 0.834. The highest BCUT2D eigenvalue weighted by atomic mass is 15.1. The van der Waals surface area contributed by atoms with Gasteiger partial charge >= 0.3 is 0 Å². The van der Waals surface area contributed by atoms with Gasteiger partial charge in [-0.05, 0) is 48.2 Å². The number of nitrogens with zero attached hydrogens (tertiary/aromatic N) is 2. The molecule has 0 bridgehead atoms. The first-order chi connectivity index (χ1) is 11.1. The Bertz CT molecular complexity index is 900. The molecule has 3 heteroatoms.